The van der Waals surface area contributed by atoms with Crippen molar-refractivity contribution in [1.29, 1.82) is 0 Å². The number of pyridine rings is 1. The van der Waals surface area contributed by atoms with E-state index in [1.807, 2.05) is 17.0 Å². The third-order valence-electron chi connectivity index (χ3n) is 5.81. The number of hydrogen-bond donors (Lipinski definition) is 1. The number of hydrogen-bond acceptors (Lipinski definition) is 6. The van der Waals surface area contributed by atoms with Crippen molar-refractivity contribution in [2.24, 2.45) is 0 Å². The molecule has 1 saturated heterocycles. The first kappa shape index (κ1) is 23.1. The number of alkyl halides is 1. The van der Waals surface area contributed by atoms with Gasteiger partial charge in [0, 0.05) is 37.2 Å². The van der Waals surface area contributed by atoms with Gasteiger partial charge in [-0.3, -0.25) is 9.20 Å². The Balaban J connectivity index is 1.67. The molecule has 1 fully saturated rings. The Morgan fingerprint density at radius 1 is 1.30 bits per heavy atom. The third-order valence-corrected chi connectivity index (χ3v) is 6.74. The summed E-state index contributed by atoms with van der Waals surface area (Å²) in [6.45, 7) is 5.11. The highest BCUT2D eigenvalue weighted by atomic mass is 32.1. The highest BCUT2D eigenvalue weighted by molar-refractivity contribution is 7.09. The molecule has 174 valence electrons. The van der Waals surface area contributed by atoms with Crippen LogP contribution in [0.2, 0.25) is 0 Å². The molecule has 0 bridgehead atoms. The summed E-state index contributed by atoms with van der Waals surface area (Å²) in [5.74, 6) is -0.342. The van der Waals surface area contributed by atoms with Crippen molar-refractivity contribution in [3.8, 4) is 0 Å². The number of halogens is 1. The summed E-state index contributed by atoms with van der Waals surface area (Å²) >= 11 is 1.66. The van der Waals surface area contributed by atoms with Crippen LogP contribution in [-0.2, 0) is 17.6 Å². The molecule has 4 rings (SSSR count). The van der Waals surface area contributed by atoms with E-state index in [-0.39, 0.29) is 11.1 Å². The van der Waals surface area contributed by atoms with E-state index in [4.69, 9.17) is 10.1 Å². The Morgan fingerprint density at radius 2 is 2.06 bits per heavy atom. The zero-order valence-electron chi connectivity index (χ0n) is 18.7. The number of carboxylic acid groups (broad SMARTS) is 1. The quantitative estimate of drug-likeness (QED) is 0.523. The second-order valence-corrected chi connectivity index (χ2v) is 9.51. The molecule has 7 nitrogen and oxygen atoms in total. The van der Waals surface area contributed by atoms with E-state index >= 15 is 0 Å². The van der Waals surface area contributed by atoms with Crippen LogP contribution in [-0.4, -0.2) is 44.7 Å². The van der Waals surface area contributed by atoms with Gasteiger partial charge in [0.15, 0.2) is 0 Å². The Hall–Kier alpha value is -3.07. The fraction of sp³-hybridized carbons (Fsp3) is 0.417. The third kappa shape index (κ3) is 5.30. The van der Waals surface area contributed by atoms with Crippen LogP contribution in [0.25, 0.3) is 11.7 Å². The van der Waals surface area contributed by atoms with Crippen molar-refractivity contribution < 1.29 is 14.3 Å². The highest BCUT2D eigenvalue weighted by Crippen LogP contribution is 2.24. The monoisotopic (exact) mass is 470 g/mol. The molecular weight excluding hydrogens is 443 g/mol. The van der Waals surface area contributed by atoms with E-state index < -0.39 is 12.1 Å². The molecule has 4 heterocycles. The maximum Gasteiger partial charge on any atom is 0.328 e. The molecule has 0 saturated carbocycles. The first-order valence-electron chi connectivity index (χ1n) is 11.1. The number of fused-ring (bicyclic) bond motifs is 1. The van der Waals surface area contributed by atoms with Gasteiger partial charge >= 0.3 is 5.97 Å². The average molecular weight is 471 g/mol. The summed E-state index contributed by atoms with van der Waals surface area (Å²) in [4.78, 5) is 35.5. The van der Waals surface area contributed by atoms with Gasteiger partial charge in [-0.2, -0.15) is 0 Å². The number of rotatable bonds is 7. The second-order valence-electron chi connectivity index (χ2n) is 8.57. The average Bonchev–Trinajstić information content (AvgIpc) is 3.27. The predicted octanol–water partition coefficient (Wildman–Crippen LogP) is 4.10. The lowest BCUT2D eigenvalue weighted by atomic mass is 10.1. The lowest BCUT2D eigenvalue weighted by molar-refractivity contribution is -0.131. The SMILES string of the molecule is CC(C)c1csc(CCc2ccn3c(=O)c(C=CC(=O)O)c(N4CCC(F)CC4)nc3c2)n1. The van der Waals surface area contributed by atoms with Gasteiger partial charge in [0.1, 0.15) is 17.6 Å². The molecule has 3 aromatic heterocycles. The molecule has 3 aromatic rings. The van der Waals surface area contributed by atoms with Gasteiger partial charge in [0.05, 0.1) is 16.3 Å². The van der Waals surface area contributed by atoms with Gasteiger partial charge in [-0.25, -0.2) is 19.2 Å². The van der Waals surface area contributed by atoms with Crippen molar-refractivity contribution >= 4 is 34.8 Å². The molecule has 33 heavy (non-hydrogen) atoms. The number of thiazole rings is 1. The number of nitrogens with zero attached hydrogens (tertiary/aromatic N) is 4. The maximum atomic E-state index is 13.7. The lowest BCUT2D eigenvalue weighted by Gasteiger charge is -2.30. The largest absolute Gasteiger partial charge is 0.478 e. The van der Waals surface area contributed by atoms with E-state index in [1.165, 1.54) is 10.5 Å². The van der Waals surface area contributed by atoms with Crippen LogP contribution >= 0.6 is 11.3 Å². The Kier molecular flexibility index (Phi) is 6.88. The van der Waals surface area contributed by atoms with Crippen molar-refractivity contribution in [3.05, 3.63) is 62.0 Å². The molecule has 0 aliphatic carbocycles. The Bertz CT molecular complexity index is 1240. The molecule has 0 aromatic carbocycles. The van der Waals surface area contributed by atoms with E-state index in [0.717, 1.165) is 35.2 Å². The van der Waals surface area contributed by atoms with Crippen molar-refractivity contribution in [2.45, 2.75) is 51.6 Å². The number of carbonyl (C=O) groups is 1. The standard InChI is InChI=1S/C24H27FN4O3S/c1-15(2)19-14-33-21(26-19)5-3-16-7-12-29-20(13-16)27-23(28-10-8-17(25)9-11-28)18(24(29)32)4-6-22(30)31/h4,6-7,12-15,17H,3,5,8-11H2,1-2H3,(H,30,31). The summed E-state index contributed by atoms with van der Waals surface area (Å²) in [5.41, 5.74) is 2.48. The van der Waals surface area contributed by atoms with Gasteiger partial charge < -0.3 is 10.0 Å². The minimum atomic E-state index is -1.15. The number of anilines is 1. The highest BCUT2D eigenvalue weighted by Gasteiger charge is 2.23. The fourth-order valence-electron chi connectivity index (χ4n) is 3.90. The number of carboxylic acids is 1. The Morgan fingerprint density at radius 3 is 2.73 bits per heavy atom. The maximum absolute atomic E-state index is 13.7. The van der Waals surface area contributed by atoms with E-state index in [1.54, 1.807) is 17.5 Å². The molecule has 0 radical (unpaired) electrons. The first-order chi connectivity index (χ1) is 15.8. The minimum Gasteiger partial charge on any atom is -0.478 e. The number of piperidine rings is 1. The summed E-state index contributed by atoms with van der Waals surface area (Å²) in [6, 6.07) is 3.76. The van der Waals surface area contributed by atoms with Crippen LogP contribution in [0.1, 0.15) is 54.4 Å². The second kappa shape index (κ2) is 9.82. The van der Waals surface area contributed by atoms with Crippen LogP contribution in [0.4, 0.5) is 10.2 Å². The lowest BCUT2D eigenvalue weighted by Crippen LogP contribution is -2.37. The molecule has 0 unspecified atom stereocenters. The van der Waals surface area contributed by atoms with Gasteiger partial charge in [0.2, 0.25) is 0 Å². The molecule has 0 atom stereocenters. The van der Waals surface area contributed by atoms with Crippen LogP contribution in [0.5, 0.6) is 0 Å². The Labute approximate surface area is 195 Å². The van der Waals surface area contributed by atoms with Crippen LogP contribution in [0, 0.1) is 0 Å². The molecule has 0 amide bonds. The van der Waals surface area contributed by atoms with Gasteiger partial charge in [0.25, 0.3) is 5.56 Å². The first-order valence-corrected chi connectivity index (χ1v) is 12.0. The predicted molar refractivity (Wildman–Crippen MR) is 128 cm³/mol. The number of aryl methyl sites for hydroxylation is 2. The molecule has 1 aliphatic rings. The zero-order chi connectivity index (χ0) is 23.5. The van der Waals surface area contributed by atoms with E-state index in [0.29, 0.717) is 43.3 Å². The molecule has 9 heteroatoms. The normalized spacial score (nSPS) is 15.2. The van der Waals surface area contributed by atoms with Gasteiger partial charge in [-0.1, -0.05) is 13.8 Å². The van der Waals surface area contributed by atoms with E-state index in [2.05, 4.69) is 24.2 Å². The molecule has 1 aliphatic heterocycles. The minimum absolute atomic E-state index is 0.198. The molecular formula is C24H27FN4O3S. The van der Waals surface area contributed by atoms with Crippen LogP contribution in [0.3, 0.4) is 0 Å². The van der Waals surface area contributed by atoms with Gasteiger partial charge in [-0.05, 0) is 49.0 Å². The molecule has 1 N–H and O–H groups in total. The summed E-state index contributed by atoms with van der Waals surface area (Å²) in [7, 11) is 0. The topological polar surface area (TPSA) is 87.8 Å². The van der Waals surface area contributed by atoms with Crippen molar-refractivity contribution in [2.75, 3.05) is 18.0 Å². The summed E-state index contributed by atoms with van der Waals surface area (Å²) in [5, 5.41) is 12.2. The number of aromatic nitrogens is 3. The van der Waals surface area contributed by atoms with Crippen molar-refractivity contribution in [1.82, 2.24) is 14.4 Å². The van der Waals surface area contributed by atoms with Crippen LogP contribution in [0.15, 0.2) is 34.6 Å². The smallest absolute Gasteiger partial charge is 0.328 e. The zero-order valence-corrected chi connectivity index (χ0v) is 19.5. The van der Waals surface area contributed by atoms with Crippen LogP contribution < -0.4 is 10.5 Å². The fourth-order valence-corrected chi connectivity index (χ4v) is 4.85. The molecule has 0 spiro atoms. The summed E-state index contributed by atoms with van der Waals surface area (Å²) < 4.78 is 15.1. The van der Waals surface area contributed by atoms with E-state index in [9.17, 15) is 14.0 Å². The van der Waals surface area contributed by atoms with Gasteiger partial charge in [-0.15, -0.1) is 11.3 Å². The summed E-state index contributed by atoms with van der Waals surface area (Å²) in [6.07, 6.45) is 5.30. The number of aliphatic carboxylic acids is 1. The van der Waals surface area contributed by atoms with Crippen molar-refractivity contribution in [3.63, 3.8) is 0 Å².